The van der Waals surface area contributed by atoms with Crippen LogP contribution in [0, 0.1) is 0 Å². The van der Waals surface area contributed by atoms with Crippen LogP contribution in [0.2, 0.25) is 0 Å². The summed E-state index contributed by atoms with van der Waals surface area (Å²) in [5, 5.41) is 14.0. The third kappa shape index (κ3) is 7.86. The number of para-hydroxylation sites is 2. The van der Waals surface area contributed by atoms with E-state index >= 15 is 0 Å². The lowest BCUT2D eigenvalue weighted by Gasteiger charge is -2.26. The summed E-state index contributed by atoms with van der Waals surface area (Å²) in [6, 6.07) is 66.3. The number of hydrogen-bond acceptors (Lipinski definition) is 4. The SMILES string of the molecule is CC(C)(C)c1cc(-c2cc(-c3ccc(C(C)(C)c4ccccc4)cc3)ccn2)cc(-c2cccc3c2nc(-c2c(O)ccc4c2oc2ccccc24)n3-c2ccc(C(C)(C)C)cc2-c2ccccc2)c1. The van der Waals surface area contributed by atoms with Crippen molar-refractivity contribution in [3.8, 4) is 67.5 Å². The molecule has 0 aliphatic heterocycles. The lowest BCUT2D eigenvalue weighted by Crippen LogP contribution is -2.18. The highest BCUT2D eigenvalue weighted by atomic mass is 16.3. The van der Waals surface area contributed by atoms with E-state index in [0.29, 0.717) is 17.0 Å². The van der Waals surface area contributed by atoms with E-state index in [1.165, 1.54) is 22.3 Å². The fourth-order valence-corrected chi connectivity index (χ4v) is 10.0. The van der Waals surface area contributed by atoms with Crippen molar-refractivity contribution < 1.29 is 9.52 Å². The highest BCUT2D eigenvalue weighted by Crippen LogP contribution is 2.46. The zero-order chi connectivity index (χ0) is 48.5. The zero-order valence-electron chi connectivity index (χ0n) is 41.2. The van der Waals surface area contributed by atoms with E-state index in [1.807, 2.05) is 30.5 Å². The van der Waals surface area contributed by atoms with Crippen LogP contribution in [0.5, 0.6) is 5.75 Å². The number of nitrogens with zero attached hydrogens (tertiary/aromatic N) is 3. The van der Waals surface area contributed by atoms with E-state index in [2.05, 4.69) is 218 Å². The number of phenolic OH excluding ortho intramolecular Hbond substituents is 1. The molecule has 0 spiro atoms. The van der Waals surface area contributed by atoms with Crippen LogP contribution < -0.4 is 0 Å². The van der Waals surface area contributed by atoms with Gasteiger partial charge in [0.05, 0.1) is 22.4 Å². The molecule has 0 aliphatic carbocycles. The minimum Gasteiger partial charge on any atom is -0.507 e. The van der Waals surface area contributed by atoms with Crippen LogP contribution in [0.25, 0.3) is 94.7 Å². The molecule has 0 atom stereocenters. The average Bonchev–Trinajstić information content (AvgIpc) is 3.95. The highest BCUT2D eigenvalue weighted by Gasteiger charge is 2.28. The molecular formula is C65H57N3O2. The van der Waals surface area contributed by atoms with Gasteiger partial charge in [0, 0.05) is 39.1 Å². The van der Waals surface area contributed by atoms with Gasteiger partial charge in [-0.25, -0.2) is 4.98 Å². The van der Waals surface area contributed by atoms with Gasteiger partial charge in [-0.1, -0.05) is 183 Å². The molecule has 5 nitrogen and oxygen atoms in total. The van der Waals surface area contributed by atoms with Crippen molar-refractivity contribution >= 4 is 33.0 Å². The number of imidazole rings is 1. The molecule has 1 N–H and O–H groups in total. The van der Waals surface area contributed by atoms with Gasteiger partial charge in [-0.05, 0) is 116 Å². The van der Waals surface area contributed by atoms with Crippen molar-refractivity contribution in [2.75, 3.05) is 0 Å². The summed E-state index contributed by atoms with van der Waals surface area (Å²) in [4.78, 5) is 10.7. The Labute approximate surface area is 410 Å². The first-order chi connectivity index (χ1) is 33.6. The Kier molecular flexibility index (Phi) is 10.7. The topological polar surface area (TPSA) is 64.1 Å². The summed E-state index contributed by atoms with van der Waals surface area (Å²) in [7, 11) is 0. The van der Waals surface area contributed by atoms with Crippen LogP contribution >= 0.6 is 0 Å². The van der Waals surface area contributed by atoms with Gasteiger partial charge >= 0.3 is 0 Å². The minimum absolute atomic E-state index is 0.0924. The molecule has 0 fully saturated rings. The van der Waals surface area contributed by atoms with Crippen LogP contribution in [0.1, 0.15) is 77.6 Å². The number of fused-ring (bicyclic) bond motifs is 4. The lowest BCUT2D eigenvalue weighted by molar-refractivity contribution is 0.476. The predicted molar refractivity (Wildman–Crippen MR) is 291 cm³/mol. The van der Waals surface area contributed by atoms with Gasteiger partial charge in [0.1, 0.15) is 22.5 Å². The summed E-state index contributed by atoms with van der Waals surface area (Å²) in [6.07, 6.45) is 1.92. The van der Waals surface area contributed by atoms with E-state index in [-0.39, 0.29) is 22.0 Å². The standard InChI is InChI=1S/C65H57N3O2/c1-63(2,3)48-30-32-55(53(40-48)42-18-11-9-12-19-42)68-56-24-17-23-50(60(56)67-62(68)59-57(69)33-31-52-51-22-15-16-25-58(51)70-61(52)59)44-36-45(38-49(37-44)64(4,5)6)54-39-43(34-35-66-54)41-26-28-47(29-27-41)65(7,8)46-20-13-10-14-21-46/h9-40,69H,1-8H3. The van der Waals surface area contributed by atoms with Gasteiger partial charge in [0.25, 0.3) is 0 Å². The van der Waals surface area contributed by atoms with Gasteiger partial charge in [0.2, 0.25) is 0 Å². The summed E-state index contributed by atoms with van der Waals surface area (Å²) < 4.78 is 8.90. The Morgan fingerprint density at radius 2 is 1.14 bits per heavy atom. The molecule has 0 unspecified atom stereocenters. The maximum Gasteiger partial charge on any atom is 0.153 e. The molecule has 0 saturated carbocycles. The zero-order valence-corrected chi connectivity index (χ0v) is 41.2. The Hall–Kier alpha value is -8.02. The molecule has 5 heteroatoms. The number of aromatic nitrogens is 3. The first kappa shape index (κ1) is 44.5. The molecule has 344 valence electrons. The Morgan fingerprint density at radius 1 is 0.471 bits per heavy atom. The molecule has 0 aliphatic rings. The molecule has 11 aromatic rings. The first-order valence-corrected chi connectivity index (χ1v) is 24.3. The second kappa shape index (κ2) is 16.9. The molecule has 0 bridgehead atoms. The fourth-order valence-electron chi connectivity index (χ4n) is 10.0. The maximum absolute atomic E-state index is 12.1. The molecular weight excluding hydrogens is 855 g/mol. The molecule has 70 heavy (non-hydrogen) atoms. The van der Waals surface area contributed by atoms with Crippen LogP contribution in [-0.4, -0.2) is 19.6 Å². The van der Waals surface area contributed by atoms with Gasteiger partial charge < -0.3 is 9.52 Å². The van der Waals surface area contributed by atoms with E-state index in [0.717, 1.165) is 77.7 Å². The Balaban J connectivity index is 1.12. The van der Waals surface area contributed by atoms with Crippen molar-refractivity contribution in [1.29, 1.82) is 0 Å². The third-order valence-corrected chi connectivity index (χ3v) is 14.2. The van der Waals surface area contributed by atoms with Crippen molar-refractivity contribution in [1.82, 2.24) is 14.5 Å². The van der Waals surface area contributed by atoms with Crippen molar-refractivity contribution in [3.05, 3.63) is 217 Å². The van der Waals surface area contributed by atoms with E-state index in [9.17, 15) is 5.11 Å². The number of furan rings is 1. The average molecular weight is 912 g/mol. The molecule has 8 aromatic carbocycles. The predicted octanol–water partition coefficient (Wildman–Crippen LogP) is 17.3. The molecule has 3 aromatic heterocycles. The molecule has 0 radical (unpaired) electrons. The van der Waals surface area contributed by atoms with E-state index in [4.69, 9.17) is 14.4 Å². The third-order valence-electron chi connectivity index (χ3n) is 14.2. The van der Waals surface area contributed by atoms with E-state index < -0.39 is 0 Å². The summed E-state index contributed by atoms with van der Waals surface area (Å²) >= 11 is 0. The lowest BCUT2D eigenvalue weighted by atomic mass is 9.78. The number of aromatic hydroxyl groups is 1. The molecule has 0 amide bonds. The van der Waals surface area contributed by atoms with Gasteiger partial charge in [-0.15, -0.1) is 0 Å². The van der Waals surface area contributed by atoms with Crippen molar-refractivity contribution in [2.24, 2.45) is 0 Å². The first-order valence-electron chi connectivity index (χ1n) is 24.3. The van der Waals surface area contributed by atoms with Gasteiger partial charge in [-0.3, -0.25) is 9.55 Å². The molecule has 11 rings (SSSR count). The second-order valence-electron chi connectivity index (χ2n) is 21.3. The highest BCUT2D eigenvalue weighted by molar-refractivity contribution is 6.11. The summed E-state index contributed by atoms with van der Waals surface area (Å²) in [5.74, 6) is 0.680. The normalized spacial score (nSPS) is 12.3. The largest absolute Gasteiger partial charge is 0.507 e. The number of rotatable bonds is 8. The van der Waals surface area contributed by atoms with Crippen molar-refractivity contribution in [3.63, 3.8) is 0 Å². The fraction of sp³-hybridized carbons (Fsp3) is 0.169. The van der Waals surface area contributed by atoms with E-state index in [1.54, 1.807) is 6.07 Å². The number of phenols is 1. The minimum atomic E-state index is -0.176. The van der Waals surface area contributed by atoms with Crippen LogP contribution in [-0.2, 0) is 16.2 Å². The van der Waals surface area contributed by atoms with Crippen molar-refractivity contribution in [2.45, 2.75) is 71.6 Å². The molecule has 3 heterocycles. The Bertz CT molecular complexity index is 3750. The second-order valence-corrected chi connectivity index (χ2v) is 21.3. The number of pyridine rings is 1. The number of hydrogen-bond donors (Lipinski definition) is 1. The van der Waals surface area contributed by atoms with Crippen LogP contribution in [0.15, 0.2) is 199 Å². The Morgan fingerprint density at radius 3 is 1.89 bits per heavy atom. The summed E-state index contributed by atoms with van der Waals surface area (Å²) in [5.41, 5.74) is 17.4. The van der Waals surface area contributed by atoms with Gasteiger partial charge in [0.15, 0.2) is 5.82 Å². The van der Waals surface area contributed by atoms with Gasteiger partial charge in [-0.2, -0.15) is 0 Å². The molecule has 0 saturated heterocycles. The maximum atomic E-state index is 12.1. The van der Waals surface area contributed by atoms with Crippen LogP contribution in [0.3, 0.4) is 0 Å². The smallest absolute Gasteiger partial charge is 0.153 e. The quantitative estimate of drug-likeness (QED) is 0.165. The number of benzene rings is 8. The van der Waals surface area contributed by atoms with Crippen LogP contribution in [0.4, 0.5) is 0 Å². The monoisotopic (exact) mass is 911 g/mol. The summed E-state index contributed by atoms with van der Waals surface area (Å²) in [6.45, 7) is 18.1.